The molecule has 330 valence electrons. The van der Waals surface area contributed by atoms with E-state index in [1.807, 2.05) is 6.92 Å². The zero-order chi connectivity index (χ0) is 42.8. The van der Waals surface area contributed by atoms with Gasteiger partial charge in [-0.15, -0.1) is 0 Å². The lowest BCUT2D eigenvalue weighted by molar-refractivity contribution is -0.331. The Kier molecular flexibility index (Phi) is 17.9. The summed E-state index contributed by atoms with van der Waals surface area (Å²) in [6.45, 7) is 1.70. The van der Waals surface area contributed by atoms with Crippen LogP contribution in [0.1, 0.15) is 54.9 Å². The number of nitrogen functional groups attached to an aromatic ring is 1. The lowest BCUT2D eigenvalue weighted by atomic mass is 9.83. The van der Waals surface area contributed by atoms with Crippen LogP contribution in [0.5, 0.6) is 0 Å². The van der Waals surface area contributed by atoms with Crippen molar-refractivity contribution >= 4 is 23.4 Å². The number of aliphatic hydroxyl groups is 7. The second kappa shape index (κ2) is 21.9. The Morgan fingerprint density at radius 2 is 1.53 bits per heavy atom. The monoisotopic (exact) mass is 830 g/mol. The zero-order valence-corrected chi connectivity index (χ0v) is 32.4. The molecular weight excluding hydrogens is 768 g/mol. The van der Waals surface area contributed by atoms with Gasteiger partial charge in [0.25, 0.3) is 5.91 Å². The first-order valence-electron chi connectivity index (χ1n) is 19.6. The van der Waals surface area contributed by atoms with Gasteiger partial charge in [-0.25, -0.2) is 0 Å². The van der Waals surface area contributed by atoms with Gasteiger partial charge in [0, 0.05) is 43.3 Å². The molecular formula is C36H62N8O14. The molecule has 3 fully saturated rings. The number of nitrogens with two attached hydrogens (primary N) is 5. The van der Waals surface area contributed by atoms with Crippen LogP contribution in [-0.4, -0.2) is 177 Å². The summed E-state index contributed by atoms with van der Waals surface area (Å²) >= 11 is 0. The normalized spacial score (nSPS) is 35.8. The van der Waals surface area contributed by atoms with Gasteiger partial charge in [0.1, 0.15) is 61.0 Å². The molecule has 1 aromatic rings. The number of amides is 3. The summed E-state index contributed by atoms with van der Waals surface area (Å²) in [5.41, 5.74) is 31.4. The largest absolute Gasteiger partial charge is 0.399 e. The van der Waals surface area contributed by atoms with Gasteiger partial charge >= 0.3 is 0 Å². The summed E-state index contributed by atoms with van der Waals surface area (Å²) < 4.78 is 23.3. The smallest absolute Gasteiger partial charge is 0.251 e. The van der Waals surface area contributed by atoms with E-state index in [9.17, 15) is 50.1 Å². The summed E-state index contributed by atoms with van der Waals surface area (Å²) in [5.74, 6) is -1.52. The minimum absolute atomic E-state index is 0.0190. The first kappa shape index (κ1) is 47.5. The predicted octanol–water partition coefficient (Wildman–Crippen LogP) is -6.56. The summed E-state index contributed by atoms with van der Waals surface area (Å²) in [4.78, 5) is 38.3. The molecule has 20 N–H and O–H groups in total. The number of aryl methyl sites for hydroxylation is 1. The molecule has 3 aliphatic rings. The zero-order valence-electron chi connectivity index (χ0n) is 32.4. The van der Waals surface area contributed by atoms with Gasteiger partial charge in [-0.1, -0.05) is 6.92 Å². The van der Waals surface area contributed by atoms with E-state index in [0.717, 1.165) is 5.56 Å². The molecule has 3 amide bonds. The molecule has 16 atom stereocenters. The summed E-state index contributed by atoms with van der Waals surface area (Å²) in [7, 11) is 0. The van der Waals surface area contributed by atoms with E-state index in [1.165, 1.54) is 0 Å². The molecule has 58 heavy (non-hydrogen) atoms. The standard InChI is InChI=1S/C36H62N8O14/c1-2-15-11-16(39)6-7-17(15)33(53)42-10-4-3-5-23(46)43-14-22-25(47)24(41)27(49)35(56-22)58-32-19(44-34(54)20(45)8-9-37)12-18(40)31(30(32)52)57-36-29(51)28(50)26(48)21(13-38)55-36/h6-7,11,18-22,24-32,35-36,45,47-52H,2-5,8-10,12-14,37-41H2,1H3,(H,42,53)(H,43,46)(H,44,54)/t18-,19?,20-,21+,22+,24-,25+,26+,27+,28-,29+,30-,31+,32-,35+,36+/m0/s1. The van der Waals surface area contributed by atoms with Crippen LogP contribution in [-0.2, 0) is 35.0 Å². The van der Waals surface area contributed by atoms with Crippen molar-refractivity contribution in [2.24, 2.45) is 22.9 Å². The number of hydrogen-bond acceptors (Lipinski definition) is 19. The second-order valence-electron chi connectivity index (χ2n) is 14.9. The highest BCUT2D eigenvalue weighted by atomic mass is 16.7. The molecule has 0 spiro atoms. The molecule has 0 aromatic heterocycles. The van der Waals surface area contributed by atoms with E-state index in [4.69, 9.17) is 47.6 Å². The molecule has 22 heteroatoms. The van der Waals surface area contributed by atoms with Crippen molar-refractivity contribution < 1.29 is 69.1 Å². The van der Waals surface area contributed by atoms with Crippen LogP contribution in [0.25, 0.3) is 0 Å². The molecule has 1 saturated carbocycles. The van der Waals surface area contributed by atoms with Crippen molar-refractivity contribution in [2.75, 3.05) is 31.9 Å². The number of rotatable bonds is 18. The van der Waals surface area contributed by atoms with Crippen molar-refractivity contribution in [3.8, 4) is 0 Å². The van der Waals surface area contributed by atoms with E-state index in [0.29, 0.717) is 37.1 Å². The van der Waals surface area contributed by atoms with Crippen molar-refractivity contribution in [1.82, 2.24) is 16.0 Å². The maximum atomic E-state index is 12.9. The van der Waals surface area contributed by atoms with Crippen molar-refractivity contribution in [1.29, 1.82) is 0 Å². The molecule has 1 aliphatic carbocycles. The fourth-order valence-corrected chi connectivity index (χ4v) is 7.22. The maximum Gasteiger partial charge on any atom is 0.251 e. The predicted molar refractivity (Wildman–Crippen MR) is 204 cm³/mol. The van der Waals surface area contributed by atoms with E-state index >= 15 is 0 Å². The third-order valence-corrected chi connectivity index (χ3v) is 10.7. The molecule has 0 radical (unpaired) electrons. The minimum atomic E-state index is -1.80. The van der Waals surface area contributed by atoms with E-state index < -0.39 is 110 Å². The first-order chi connectivity index (χ1) is 27.5. The number of anilines is 1. The van der Waals surface area contributed by atoms with E-state index in [-0.39, 0.29) is 44.8 Å². The van der Waals surface area contributed by atoms with Crippen LogP contribution in [0.2, 0.25) is 0 Å². The Labute approximate surface area is 335 Å². The Bertz CT molecular complexity index is 1500. The molecule has 1 unspecified atom stereocenters. The van der Waals surface area contributed by atoms with Gasteiger partial charge in [-0.3, -0.25) is 14.4 Å². The van der Waals surface area contributed by atoms with Crippen LogP contribution >= 0.6 is 0 Å². The summed E-state index contributed by atoms with van der Waals surface area (Å²) in [6.07, 6.45) is -18.9. The minimum Gasteiger partial charge on any atom is -0.399 e. The van der Waals surface area contributed by atoms with E-state index in [2.05, 4.69) is 16.0 Å². The van der Waals surface area contributed by atoms with Crippen molar-refractivity contribution in [3.05, 3.63) is 29.3 Å². The SMILES string of the molecule is CCc1cc(N)ccc1C(=O)NCCCCC(=O)NC[C@H]1O[C@H](O[C@H]2C(NC(=O)[C@@H](O)CCN)C[C@H](N)[C@@H](O[C@H]3O[C@H](CN)[C@@H](O)[C@H](O)[C@H]3O)[C@@H]2O)[C@H](O)[C@@H](N)[C@@H]1O. The second-order valence-corrected chi connectivity index (χ2v) is 14.9. The number of unbranched alkanes of at least 4 members (excludes halogenated alkanes) is 1. The molecule has 4 rings (SSSR count). The van der Waals surface area contributed by atoms with Crippen molar-refractivity contribution in [3.63, 3.8) is 0 Å². The fraction of sp³-hybridized carbons (Fsp3) is 0.750. The number of carbonyl (C=O) groups is 3. The van der Waals surface area contributed by atoms with Gasteiger partial charge in [-0.2, -0.15) is 0 Å². The van der Waals surface area contributed by atoms with Crippen LogP contribution in [0.4, 0.5) is 5.69 Å². The Morgan fingerprint density at radius 3 is 2.21 bits per heavy atom. The number of hydrogen-bond donors (Lipinski definition) is 15. The average molecular weight is 831 g/mol. The van der Waals surface area contributed by atoms with Gasteiger partial charge in [0.15, 0.2) is 12.6 Å². The van der Waals surface area contributed by atoms with Crippen LogP contribution in [0, 0.1) is 0 Å². The molecule has 0 bridgehead atoms. The number of nitrogens with one attached hydrogen (secondary N) is 3. The Hall–Kier alpha value is -3.17. The quantitative estimate of drug-likeness (QED) is 0.0483. The number of carbonyl (C=O) groups excluding carboxylic acids is 3. The molecule has 1 aromatic carbocycles. The number of benzene rings is 1. The molecule has 2 aliphatic heterocycles. The number of ether oxygens (including phenoxy) is 4. The van der Waals surface area contributed by atoms with Gasteiger partial charge in [0.2, 0.25) is 11.8 Å². The lowest BCUT2D eigenvalue weighted by Gasteiger charge is -2.49. The fourth-order valence-electron chi connectivity index (χ4n) is 7.22. The van der Waals surface area contributed by atoms with Crippen molar-refractivity contribution in [2.45, 2.75) is 143 Å². The number of aliphatic hydroxyl groups excluding tert-OH is 7. The van der Waals surface area contributed by atoms with Crippen LogP contribution in [0.15, 0.2) is 18.2 Å². The third kappa shape index (κ3) is 11.8. The van der Waals surface area contributed by atoms with Gasteiger partial charge < -0.3 is 99.3 Å². The maximum absolute atomic E-state index is 12.9. The molecule has 2 saturated heterocycles. The highest BCUT2D eigenvalue weighted by molar-refractivity contribution is 5.96. The summed E-state index contributed by atoms with van der Waals surface area (Å²) in [5, 5.41) is 83.1. The third-order valence-electron chi connectivity index (χ3n) is 10.7. The molecule has 22 nitrogen and oxygen atoms in total. The van der Waals surface area contributed by atoms with Crippen LogP contribution in [0.3, 0.4) is 0 Å². The van der Waals surface area contributed by atoms with E-state index in [1.54, 1.807) is 18.2 Å². The lowest BCUT2D eigenvalue weighted by Crippen LogP contribution is -2.69. The van der Waals surface area contributed by atoms with Crippen LogP contribution < -0.4 is 44.6 Å². The Balaban J connectivity index is 1.38. The summed E-state index contributed by atoms with van der Waals surface area (Å²) in [6, 6.07) is 1.44. The highest BCUT2D eigenvalue weighted by Gasteiger charge is 2.52. The average Bonchev–Trinajstić information content (AvgIpc) is 3.19. The highest BCUT2D eigenvalue weighted by Crippen LogP contribution is 2.32. The van der Waals surface area contributed by atoms with Gasteiger partial charge in [-0.05, 0) is 62.4 Å². The Morgan fingerprint density at radius 1 is 0.862 bits per heavy atom. The first-order valence-corrected chi connectivity index (χ1v) is 19.6. The topological polar surface area (TPSA) is 396 Å². The molecule has 2 heterocycles. The van der Waals surface area contributed by atoms with Gasteiger partial charge in [0.05, 0.1) is 18.2 Å².